The van der Waals surface area contributed by atoms with Crippen LogP contribution in [0.4, 0.5) is 21.1 Å². The van der Waals surface area contributed by atoms with E-state index < -0.39 is 17.8 Å². The minimum Gasteiger partial charge on any atom is -0.465 e. The summed E-state index contributed by atoms with van der Waals surface area (Å²) in [5.41, 5.74) is 5.36. The Morgan fingerprint density at radius 2 is 2.24 bits per heavy atom. The van der Waals surface area contributed by atoms with Crippen LogP contribution < -0.4 is 10.6 Å². The lowest BCUT2D eigenvalue weighted by Crippen LogP contribution is -2.52. The fourth-order valence-electron chi connectivity index (χ4n) is 2.85. The molecule has 0 aromatic carbocycles. The van der Waals surface area contributed by atoms with Gasteiger partial charge in [-0.15, -0.1) is 0 Å². The van der Waals surface area contributed by atoms with E-state index in [0.717, 1.165) is 0 Å². The molecule has 8 heteroatoms. The van der Waals surface area contributed by atoms with Crippen LogP contribution in [0.5, 0.6) is 0 Å². The second-order valence-corrected chi connectivity index (χ2v) is 5.39. The summed E-state index contributed by atoms with van der Waals surface area (Å²) >= 11 is 0. The number of carbonyl (C=O) groups is 2. The molecule has 2 fully saturated rings. The first-order valence-electron chi connectivity index (χ1n) is 6.69. The van der Waals surface area contributed by atoms with Crippen LogP contribution >= 0.6 is 0 Å². The molecule has 1 aromatic heterocycles. The zero-order valence-electron chi connectivity index (χ0n) is 11.4. The highest BCUT2D eigenvalue weighted by atomic mass is 16.6. The lowest BCUT2D eigenvalue weighted by atomic mass is 9.93. The summed E-state index contributed by atoms with van der Waals surface area (Å²) in [6.45, 7) is 0.992. The molecule has 1 atom stereocenters. The molecule has 0 saturated carbocycles. The quantitative estimate of drug-likeness (QED) is 0.803. The van der Waals surface area contributed by atoms with Crippen molar-refractivity contribution in [3.63, 3.8) is 0 Å². The molecule has 21 heavy (non-hydrogen) atoms. The number of pyridine rings is 1. The van der Waals surface area contributed by atoms with Gasteiger partial charge in [0.2, 0.25) is 0 Å². The van der Waals surface area contributed by atoms with E-state index in [9.17, 15) is 9.59 Å². The lowest BCUT2D eigenvalue weighted by molar-refractivity contribution is -0.00403. The summed E-state index contributed by atoms with van der Waals surface area (Å²) in [4.78, 5) is 29.9. The summed E-state index contributed by atoms with van der Waals surface area (Å²) in [7, 11) is 0. The summed E-state index contributed by atoms with van der Waals surface area (Å²) in [6.07, 6.45) is 1.37. The Labute approximate surface area is 121 Å². The minimum absolute atomic E-state index is 0.201. The fourth-order valence-corrected chi connectivity index (χ4v) is 2.85. The number of carbonyl (C=O) groups excluding carboxylic acids is 1. The molecule has 3 N–H and O–H groups in total. The topological polar surface area (TPSA) is 109 Å². The van der Waals surface area contributed by atoms with Crippen molar-refractivity contribution in [1.82, 2.24) is 9.88 Å². The van der Waals surface area contributed by atoms with Crippen LogP contribution in [0.1, 0.15) is 12.8 Å². The van der Waals surface area contributed by atoms with E-state index in [2.05, 4.69) is 4.98 Å². The highest BCUT2D eigenvalue weighted by molar-refractivity contribution is 5.90. The van der Waals surface area contributed by atoms with E-state index in [-0.39, 0.29) is 6.54 Å². The predicted molar refractivity (Wildman–Crippen MR) is 74.0 cm³/mol. The molecule has 2 aliphatic rings. The van der Waals surface area contributed by atoms with E-state index in [1.54, 1.807) is 12.1 Å². The van der Waals surface area contributed by atoms with Crippen LogP contribution in [-0.2, 0) is 4.74 Å². The molecule has 2 saturated heterocycles. The van der Waals surface area contributed by atoms with Gasteiger partial charge in [-0.05, 0) is 25.0 Å². The lowest BCUT2D eigenvalue weighted by Gasteiger charge is -2.36. The molecule has 0 bridgehead atoms. The number of aromatic nitrogens is 1. The maximum absolute atomic E-state index is 12.1. The van der Waals surface area contributed by atoms with Crippen LogP contribution in [-0.4, -0.2) is 52.4 Å². The van der Waals surface area contributed by atoms with Crippen molar-refractivity contribution in [1.29, 1.82) is 0 Å². The van der Waals surface area contributed by atoms with Gasteiger partial charge < -0.3 is 20.5 Å². The van der Waals surface area contributed by atoms with Gasteiger partial charge in [0, 0.05) is 6.54 Å². The number of piperidine rings is 1. The third kappa shape index (κ3) is 2.44. The second kappa shape index (κ2) is 4.80. The van der Waals surface area contributed by atoms with Gasteiger partial charge in [-0.2, -0.15) is 0 Å². The van der Waals surface area contributed by atoms with Crippen molar-refractivity contribution < 1.29 is 19.4 Å². The standard InChI is InChI=1S/C13H16N4O4/c14-10-3-2-9(6-15-10)17-8-13(21-12(17)20)4-1-5-16(7-13)11(18)19/h2-3,6H,1,4-5,7-8H2,(H2,14,15)(H,18,19). The number of nitrogen functional groups attached to an aromatic ring is 1. The van der Waals surface area contributed by atoms with Gasteiger partial charge in [-0.3, -0.25) is 4.90 Å². The molecule has 1 unspecified atom stereocenters. The monoisotopic (exact) mass is 292 g/mol. The molecule has 1 aromatic rings. The van der Waals surface area contributed by atoms with Crippen molar-refractivity contribution in [2.75, 3.05) is 30.3 Å². The van der Waals surface area contributed by atoms with Gasteiger partial charge >= 0.3 is 12.2 Å². The number of anilines is 2. The molecule has 2 aliphatic heterocycles. The van der Waals surface area contributed by atoms with E-state index in [1.165, 1.54) is 16.0 Å². The van der Waals surface area contributed by atoms with Gasteiger partial charge in [0.25, 0.3) is 0 Å². The molecule has 8 nitrogen and oxygen atoms in total. The highest BCUT2D eigenvalue weighted by Gasteiger charge is 2.49. The van der Waals surface area contributed by atoms with Gasteiger partial charge in [0.05, 0.1) is 25.0 Å². The zero-order valence-corrected chi connectivity index (χ0v) is 11.4. The van der Waals surface area contributed by atoms with Crippen molar-refractivity contribution in [2.24, 2.45) is 0 Å². The Morgan fingerprint density at radius 1 is 1.43 bits per heavy atom. The van der Waals surface area contributed by atoms with Gasteiger partial charge in [-0.25, -0.2) is 14.6 Å². The van der Waals surface area contributed by atoms with E-state index in [4.69, 9.17) is 15.6 Å². The Balaban J connectivity index is 1.80. The SMILES string of the molecule is Nc1ccc(N2CC3(CCCN(C(=O)O)C3)OC2=O)cn1. The van der Waals surface area contributed by atoms with Crippen molar-refractivity contribution >= 4 is 23.7 Å². The van der Waals surface area contributed by atoms with E-state index in [0.29, 0.717) is 37.4 Å². The second-order valence-electron chi connectivity index (χ2n) is 5.39. The van der Waals surface area contributed by atoms with Gasteiger partial charge in [0.15, 0.2) is 0 Å². The minimum atomic E-state index is -0.988. The molecule has 3 rings (SSSR count). The maximum atomic E-state index is 12.1. The van der Waals surface area contributed by atoms with Crippen LogP contribution in [0.3, 0.4) is 0 Å². The smallest absolute Gasteiger partial charge is 0.415 e. The first kappa shape index (κ1) is 13.5. The number of nitrogens with two attached hydrogens (primary N) is 1. The molecular weight excluding hydrogens is 276 g/mol. The molecule has 3 heterocycles. The molecular formula is C13H16N4O4. The number of rotatable bonds is 1. The van der Waals surface area contributed by atoms with Crippen molar-refractivity contribution in [3.05, 3.63) is 18.3 Å². The molecule has 112 valence electrons. The molecule has 2 amide bonds. The number of likely N-dealkylation sites (tertiary alicyclic amines) is 1. The third-order valence-electron chi connectivity index (χ3n) is 3.86. The average molecular weight is 292 g/mol. The number of hydrogen-bond donors (Lipinski definition) is 2. The highest BCUT2D eigenvalue weighted by Crippen LogP contribution is 2.34. The van der Waals surface area contributed by atoms with E-state index >= 15 is 0 Å². The van der Waals surface area contributed by atoms with Crippen LogP contribution in [0.15, 0.2) is 18.3 Å². The Bertz CT molecular complexity index is 576. The summed E-state index contributed by atoms with van der Waals surface area (Å²) in [5.74, 6) is 0.371. The zero-order chi connectivity index (χ0) is 15.0. The van der Waals surface area contributed by atoms with Crippen molar-refractivity contribution in [3.8, 4) is 0 Å². The average Bonchev–Trinajstić information content (AvgIpc) is 2.76. The third-order valence-corrected chi connectivity index (χ3v) is 3.86. The van der Waals surface area contributed by atoms with Crippen LogP contribution in [0.2, 0.25) is 0 Å². The van der Waals surface area contributed by atoms with E-state index in [1.807, 2.05) is 0 Å². The summed E-state index contributed by atoms with van der Waals surface area (Å²) < 4.78 is 5.49. The Hall–Kier alpha value is -2.51. The number of carboxylic acid groups (broad SMARTS) is 1. The fraction of sp³-hybridized carbons (Fsp3) is 0.462. The number of ether oxygens (including phenoxy) is 1. The number of amides is 2. The first-order chi connectivity index (χ1) is 9.99. The predicted octanol–water partition coefficient (Wildman–Crippen LogP) is 1.13. The largest absolute Gasteiger partial charge is 0.465 e. The molecule has 0 radical (unpaired) electrons. The number of nitrogens with zero attached hydrogens (tertiary/aromatic N) is 3. The Kier molecular flexibility index (Phi) is 3.08. The van der Waals surface area contributed by atoms with Crippen LogP contribution in [0, 0.1) is 0 Å². The van der Waals surface area contributed by atoms with Crippen molar-refractivity contribution in [2.45, 2.75) is 18.4 Å². The maximum Gasteiger partial charge on any atom is 0.415 e. The summed E-state index contributed by atoms with van der Waals surface area (Å²) in [5, 5.41) is 9.11. The summed E-state index contributed by atoms with van der Waals surface area (Å²) in [6, 6.07) is 3.30. The van der Waals surface area contributed by atoms with Gasteiger partial charge in [-0.1, -0.05) is 0 Å². The van der Waals surface area contributed by atoms with Crippen LogP contribution in [0.25, 0.3) is 0 Å². The first-order valence-corrected chi connectivity index (χ1v) is 6.69. The number of hydrogen-bond acceptors (Lipinski definition) is 5. The Morgan fingerprint density at radius 3 is 2.90 bits per heavy atom. The van der Waals surface area contributed by atoms with Gasteiger partial charge in [0.1, 0.15) is 11.4 Å². The normalized spacial score (nSPS) is 25.2. The molecule has 0 aliphatic carbocycles. The molecule has 1 spiro atoms.